The monoisotopic (exact) mass is 279 g/mol. The molecule has 1 fully saturated rings. The van der Waals surface area contributed by atoms with Crippen LogP contribution in [0.4, 0.5) is 0 Å². The molecule has 0 bridgehead atoms. The van der Waals surface area contributed by atoms with E-state index in [2.05, 4.69) is 10.1 Å². The zero-order chi connectivity index (χ0) is 13.5. The molecule has 6 nitrogen and oxygen atoms in total. The Labute approximate surface area is 110 Å². The third kappa shape index (κ3) is 2.37. The number of aromatic nitrogens is 3. The van der Waals surface area contributed by atoms with Crippen molar-refractivity contribution in [3.63, 3.8) is 0 Å². The molecule has 3 rings (SSSR count). The van der Waals surface area contributed by atoms with Crippen molar-refractivity contribution >= 4 is 21.8 Å². The number of hydrogen-bond donors (Lipinski definition) is 0. The first-order valence-corrected chi connectivity index (χ1v) is 7.90. The summed E-state index contributed by atoms with van der Waals surface area (Å²) in [7, 11) is -2.88. The van der Waals surface area contributed by atoms with Gasteiger partial charge in [0.2, 0.25) is 0 Å². The van der Waals surface area contributed by atoms with Crippen molar-refractivity contribution < 1.29 is 13.2 Å². The molecule has 0 amide bonds. The maximum atomic E-state index is 11.4. The van der Waals surface area contributed by atoms with Crippen molar-refractivity contribution in [1.82, 2.24) is 14.6 Å². The van der Waals surface area contributed by atoms with Gasteiger partial charge in [-0.1, -0.05) is 6.07 Å². The number of carbonyl (C=O) groups is 1. The van der Waals surface area contributed by atoms with Gasteiger partial charge in [0.05, 0.1) is 11.5 Å². The predicted octanol–water partition coefficient (Wildman–Crippen LogP) is 0.519. The minimum atomic E-state index is -2.88. The van der Waals surface area contributed by atoms with Gasteiger partial charge >= 0.3 is 0 Å². The number of carbonyl (C=O) groups excluding carboxylic acids is 1. The number of rotatable bonds is 3. The molecule has 0 N–H and O–H groups in total. The van der Waals surface area contributed by atoms with Gasteiger partial charge in [0.1, 0.15) is 5.69 Å². The van der Waals surface area contributed by atoms with Gasteiger partial charge in [-0.2, -0.15) is 5.10 Å². The Bertz CT molecular complexity index is 736. The van der Waals surface area contributed by atoms with Crippen LogP contribution in [-0.4, -0.2) is 40.8 Å². The Balaban J connectivity index is 1.88. The normalized spacial score (nSPS) is 21.8. The van der Waals surface area contributed by atoms with E-state index in [0.717, 1.165) is 6.29 Å². The minimum Gasteiger partial charge on any atom is -0.296 e. The standard InChI is InChI=1S/C12H13N3O3S/c16-7-10-2-1-3-12-13-11(14-15(10)12)6-9-4-5-19(17,18)8-9/h1-3,7,9H,4-6,8H2. The molecule has 1 unspecified atom stereocenters. The summed E-state index contributed by atoms with van der Waals surface area (Å²) in [5, 5.41) is 4.27. The molecule has 0 aliphatic carbocycles. The molecule has 0 saturated carbocycles. The topological polar surface area (TPSA) is 81.4 Å². The van der Waals surface area contributed by atoms with Crippen molar-refractivity contribution in [2.45, 2.75) is 12.8 Å². The molecule has 1 atom stereocenters. The summed E-state index contributed by atoms with van der Waals surface area (Å²) in [5.41, 5.74) is 1.05. The van der Waals surface area contributed by atoms with Crippen molar-refractivity contribution in [3.8, 4) is 0 Å². The quantitative estimate of drug-likeness (QED) is 0.765. The summed E-state index contributed by atoms with van der Waals surface area (Å²) >= 11 is 0. The zero-order valence-corrected chi connectivity index (χ0v) is 11.0. The molecule has 19 heavy (non-hydrogen) atoms. The highest BCUT2D eigenvalue weighted by atomic mass is 32.2. The molecule has 100 valence electrons. The van der Waals surface area contributed by atoms with Crippen molar-refractivity contribution in [1.29, 1.82) is 0 Å². The predicted molar refractivity (Wildman–Crippen MR) is 68.8 cm³/mol. The fraction of sp³-hybridized carbons (Fsp3) is 0.417. The Morgan fingerprint density at radius 2 is 2.26 bits per heavy atom. The molecule has 0 aromatic carbocycles. The Morgan fingerprint density at radius 1 is 1.42 bits per heavy atom. The molecule has 2 aromatic rings. The number of hydrogen-bond acceptors (Lipinski definition) is 5. The lowest BCUT2D eigenvalue weighted by atomic mass is 10.1. The summed E-state index contributed by atoms with van der Waals surface area (Å²) in [6.07, 6.45) is 1.93. The van der Waals surface area contributed by atoms with Crippen LogP contribution in [0.3, 0.4) is 0 Å². The molecule has 0 radical (unpaired) electrons. The van der Waals surface area contributed by atoms with Crippen LogP contribution in [0.15, 0.2) is 18.2 Å². The first-order chi connectivity index (χ1) is 9.07. The van der Waals surface area contributed by atoms with Crippen LogP contribution in [0.1, 0.15) is 22.7 Å². The minimum absolute atomic E-state index is 0.0853. The van der Waals surface area contributed by atoms with Crippen LogP contribution in [-0.2, 0) is 16.3 Å². The summed E-state index contributed by atoms with van der Waals surface area (Å²) < 4.78 is 24.3. The maximum absolute atomic E-state index is 11.4. The van der Waals surface area contributed by atoms with Gasteiger partial charge in [-0.3, -0.25) is 4.79 Å². The average Bonchev–Trinajstić information content (AvgIpc) is 2.91. The van der Waals surface area contributed by atoms with E-state index in [9.17, 15) is 13.2 Å². The average molecular weight is 279 g/mol. The highest BCUT2D eigenvalue weighted by molar-refractivity contribution is 7.91. The Kier molecular flexibility index (Phi) is 2.85. The fourth-order valence-electron chi connectivity index (χ4n) is 2.44. The van der Waals surface area contributed by atoms with E-state index < -0.39 is 9.84 Å². The van der Waals surface area contributed by atoms with Gasteiger partial charge in [-0.15, -0.1) is 0 Å². The maximum Gasteiger partial charge on any atom is 0.168 e. The highest BCUT2D eigenvalue weighted by Crippen LogP contribution is 2.21. The number of fused-ring (bicyclic) bond motifs is 1. The van der Waals surface area contributed by atoms with E-state index in [0.29, 0.717) is 30.0 Å². The van der Waals surface area contributed by atoms with Crippen molar-refractivity contribution in [3.05, 3.63) is 29.7 Å². The number of nitrogens with zero attached hydrogens (tertiary/aromatic N) is 3. The van der Waals surface area contributed by atoms with Crippen molar-refractivity contribution in [2.24, 2.45) is 5.92 Å². The molecule has 7 heteroatoms. The van der Waals surface area contributed by atoms with Crippen LogP contribution in [0.5, 0.6) is 0 Å². The first-order valence-electron chi connectivity index (χ1n) is 6.08. The lowest BCUT2D eigenvalue weighted by molar-refractivity contribution is 0.111. The van der Waals surface area contributed by atoms with E-state index in [1.807, 2.05) is 0 Å². The van der Waals surface area contributed by atoms with E-state index in [4.69, 9.17) is 0 Å². The van der Waals surface area contributed by atoms with Gasteiger partial charge in [0.15, 0.2) is 27.6 Å². The lowest BCUT2D eigenvalue weighted by Crippen LogP contribution is -2.08. The molecular formula is C12H13N3O3S. The second-order valence-corrected chi connectivity index (χ2v) is 7.07. The zero-order valence-electron chi connectivity index (χ0n) is 10.2. The number of pyridine rings is 1. The Morgan fingerprint density at radius 3 is 2.95 bits per heavy atom. The SMILES string of the molecule is O=Cc1cccc2nc(CC3CCS(=O)(=O)C3)nn12. The molecule has 1 saturated heterocycles. The molecule has 2 aromatic heterocycles. The third-order valence-corrected chi connectivity index (χ3v) is 5.19. The number of sulfone groups is 1. The smallest absolute Gasteiger partial charge is 0.168 e. The van der Waals surface area contributed by atoms with E-state index >= 15 is 0 Å². The van der Waals surface area contributed by atoms with Gasteiger partial charge in [-0.05, 0) is 24.5 Å². The fourth-order valence-corrected chi connectivity index (χ4v) is 4.30. The molecule has 1 aliphatic rings. The summed E-state index contributed by atoms with van der Waals surface area (Å²) in [4.78, 5) is 15.2. The summed E-state index contributed by atoms with van der Waals surface area (Å²) in [6, 6.07) is 5.19. The Hall–Kier alpha value is -1.76. The molecule has 0 spiro atoms. The molecule has 1 aliphatic heterocycles. The highest BCUT2D eigenvalue weighted by Gasteiger charge is 2.28. The van der Waals surface area contributed by atoms with Crippen LogP contribution < -0.4 is 0 Å². The largest absolute Gasteiger partial charge is 0.296 e. The second-order valence-electron chi connectivity index (χ2n) is 4.84. The van der Waals surface area contributed by atoms with Crippen LogP contribution in [0, 0.1) is 5.92 Å². The van der Waals surface area contributed by atoms with Crippen LogP contribution >= 0.6 is 0 Å². The van der Waals surface area contributed by atoms with E-state index in [-0.39, 0.29) is 17.4 Å². The van der Waals surface area contributed by atoms with Gasteiger partial charge in [0.25, 0.3) is 0 Å². The molecule has 3 heterocycles. The lowest BCUT2D eigenvalue weighted by Gasteiger charge is -2.02. The van der Waals surface area contributed by atoms with Crippen LogP contribution in [0.25, 0.3) is 5.65 Å². The molecular weight excluding hydrogens is 266 g/mol. The van der Waals surface area contributed by atoms with E-state index in [1.54, 1.807) is 18.2 Å². The summed E-state index contributed by atoms with van der Waals surface area (Å²) in [5.74, 6) is 1.15. The first kappa shape index (κ1) is 12.3. The van der Waals surface area contributed by atoms with Crippen molar-refractivity contribution in [2.75, 3.05) is 11.5 Å². The summed E-state index contributed by atoms with van der Waals surface area (Å²) in [6.45, 7) is 0. The van der Waals surface area contributed by atoms with Gasteiger partial charge in [0, 0.05) is 6.42 Å². The van der Waals surface area contributed by atoms with E-state index in [1.165, 1.54) is 4.52 Å². The third-order valence-electron chi connectivity index (χ3n) is 3.35. The van der Waals surface area contributed by atoms with Gasteiger partial charge < -0.3 is 0 Å². The van der Waals surface area contributed by atoms with Crippen LogP contribution in [0.2, 0.25) is 0 Å². The second kappa shape index (κ2) is 4.41. The van der Waals surface area contributed by atoms with Gasteiger partial charge in [-0.25, -0.2) is 17.9 Å². The number of aldehydes is 1.